The molecule has 0 amide bonds. The number of esters is 2. The Hall–Kier alpha value is -1.57. The van der Waals surface area contributed by atoms with Crippen LogP contribution in [0.5, 0.6) is 0 Å². The zero-order valence-corrected chi connectivity index (χ0v) is 9.36. The van der Waals surface area contributed by atoms with E-state index in [1.165, 1.54) is 21.0 Å². The number of nitrogens with zero attached hydrogens (tertiary/aromatic N) is 1. The Morgan fingerprint density at radius 1 is 1.47 bits per heavy atom. The van der Waals surface area contributed by atoms with Crippen molar-refractivity contribution in [3.05, 3.63) is 0 Å². The van der Waals surface area contributed by atoms with Crippen LogP contribution in [0.4, 0.5) is 0 Å². The molecule has 15 heavy (non-hydrogen) atoms. The van der Waals surface area contributed by atoms with Gasteiger partial charge in [0.25, 0.3) is 0 Å². The van der Waals surface area contributed by atoms with Gasteiger partial charge in [0, 0.05) is 0 Å². The van der Waals surface area contributed by atoms with Gasteiger partial charge in [-0.05, 0) is 13.8 Å². The van der Waals surface area contributed by atoms with Crippen molar-refractivity contribution in [2.75, 3.05) is 7.11 Å². The van der Waals surface area contributed by atoms with E-state index in [-0.39, 0.29) is 6.42 Å². The highest BCUT2D eigenvalue weighted by Crippen LogP contribution is 2.13. The van der Waals surface area contributed by atoms with E-state index in [1.54, 1.807) is 6.92 Å². The number of nitriles is 1. The van der Waals surface area contributed by atoms with Gasteiger partial charge in [-0.2, -0.15) is 5.26 Å². The summed E-state index contributed by atoms with van der Waals surface area (Å²) in [6.45, 7) is 4.51. The number of ether oxygens (including phenoxy) is 2. The number of methoxy groups -OCH3 is 1. The molecule has 0 heterocycles. The molecular formula is C10H15NO4. The Bertz CT molecular complexity index is 290. The molecular weight excluding hydrogens is 198 g/mol. The van der Waals surface area contributed by atoms with Crippen molar-refractivity contribution in [1.82, 2.24) is 0 Å². The van der Waals surface area contributed by atoms with Gasteiger partial charge in [0.1, 0.15) is 6.07 Å². The Morgan fingerprint density at radius 3 is 2.40 bits per heavy atom. The number of carbonyl (C=O) groups excluding carboxylic acids is 2. The maximum absolute atomic E-state index is 11.4. The molecule has 0 spiro atoms. The first-order valence-electron chi connectivity index (χ1n) is 4.53. The van der Waals surface area contributed by atoms with Gasteiger partial charge in [-0.1, -0.05) is 6.92 Å². The molecule has 0 saturated carbocycles. The summed E-state index contributed by atoms with van der Waals surface area (Å²) in [6.07, 6.45) is -0.0448. The van der Waals surface area contributed by atoms with Crippen LogP contribution in [0.3, 0.4) is 0 Å². The van der Waals surface area contributed by atoms with E-state index in [4.69, 9.17) is 10.00 Å². The summed E-state index contributed by atoms with van der Waals surface area (Å²) in [7, 11) is 1.25. The summed E-state index contributed by atoms with van der Waals surface area (Å²) in [5.74, 6) is -1.66. The van der Waals surface area contributed by atoms with Gasteiger partial charge < -0.3 is 9.47 Å². The SMILES string of the molecule is COC(=O)CC(C)C(=O)OC(C)(C)C#N. The molecule has 84 valence electrons. The minimum atomic E-state index is -1.17. The van der Waals surface area contributed by atoms with Gasteiger partial charge in [-0.15, -0.1) is 0 Å². The van der Waals surface area contributed by atoms with Gasteiger partial charge in [0.2, 0.25) is 0 Å². The van der Waals surface area contributed by atoms with Crippen molar-refractivity contribution in [2.45, 2.75) is 32.8 Å². The van der Waals surface area contributed by atoms with Crippen molar-refractivity contribution in [1.29, 1.82) is 5.26 Å². The Kier molecular flexibility index (Phi) is 4.79. The largest absolute Gasteiger partial charge is 0.469 e. The van der Waals surface area contributed by atoms with Crippen LogP contribution in [0.15, 0.2) is 0 Å². The van der Waals surface area contributed by atoms with Crippen molar-refractivity contribution in [2.24, 2.45) is 5.92 Å². The van der Waals surface area contributed by atoms with Gasteiger partial charge in [-0.25, -0.2) is 0 Å². The lowest BCUT2D eigenvalue weighted by atomic mass is 10.1. The van der Waals surface area contributed by atoms with Crippen LogP contribution in [0, 0.1) is 17.2 Å². The molecule has 0 N–H and O–H groups in total. The molecule has 0 aromatic rings. The third-order valence-corrected chi connectivity index (χ3v) is 1.73. The molecule has 0 aromatic carbocycles. The van der Waals surface area contributed by atoms with Crippen molar-refractivity contribution in [3.63, 3.8) is 0 Å². The molecule has 5 nitrogen and oxygen atoms in total. The molecule has 5 heteroatoms. The van der Waals surface area contributed by atoms with Crippen LogP contribution in [0.25, 0.3) is 0 Å². The van der Waals surface area contributed by atoms with Gasteiger partial charge >= 0.3 is 11.9 Å². The van der Waals surface area contributed by atoms with Crippen LogP contribution in [0.1, 0.15) is 27.2 Å². The molecule has 0 aliphatic rings. The maximum Gasteiger partial charge on any atom is 0.310 e. The van der Waals surface area contributed by atoms with Gasteiger partial charge in [-0.3, -0.25) is 9.59 Å². The monoisotopic (exact) mass is 213 g/mol. The first-order chi connectivity index (χ1) is 6.82. The van der Waals surface area contributed by atoms with E-state index >= 15 is 0 Å². The van der Waals surface area contributed by atoms with E-state index in [9.17, 15) is 9.59 Å². The quantitative estimate of drug-likeness (QED) is 0.652. The van der Waals surface area contributed by atoms with E-state index in [2.05, 4.69) is 4.74 Å². The summed E-state index contributed by atoms with van der Waals surface area (Å²) in [6, 6.07) is 1.84. The van der Waals surface area contributed by atoms with E-state index < -0.39 is 23.5 Å². The van der Waals surface area contributed by atoms with Crippen molar-refractivity contribution >= 4 is 11.9 Å². The number of hydrogen-bond donors (Lipinski definition) is 0. The normalized spacial score (nSPS) is 12.5. The standard InChI is InChI=1S/C10H15NO4/c1-7(5-8(12)14-4)9(13)15-10(2,3)6-11/h7H,5H2,1-4H3. The second kappa shape index (κ2) is 5.35. The summed E-state index contributed by atoms with van der Waals surface area (Å²) in [5.41, 5.74) is -1.17. The molecule has 0 aliphatic carbocycles. The Balaban J connectivity index is 4.24. The molecule has 0 saturated heterocycles. The number of hydrogen-bond acceptors (Lipinski definition) is 5. The molecule has 0 rings (SSSR count). The van der Waals surface area contributed by atoms with Crippen LogP contribution in [-0.2, 0) is 19.1 Å². The molecule has 0 bridgehead atoms. The highest BCUT2D eigenvalue weighted by molar-refractivity contribution is 5.79. The van der Waals surface area contributed by atoms with Crippen LogP contribution < -0.4 is 0 Å². The fourth-order valence-corrected chi connectivity index (χ4v) is 0.792. The summed E-state index contributed by atoms with van der Waals surface area (Å²) in [5, 5.41) is 8.63. The van der Waals surface area contributed by atoms with Crippen LogP contribution in [-0.4, -0.2) is 24.6 Å². The molecule has 0 radical (unpaired) electrons. The molecule has 1 unspecified atom stereocenters. The molecule has 0 aliphatic heterocycles. The zero-order chi connectivity index (χ0) is 12.1. The topological polar surface area (TPSA) is 76.4 Å². The Morgan fingerprint density at radius 2 is 2.00 bits per heavy atom. The fraction of sp³-hybridized carbons (Fsp3) is 0.700. The van der Waals surface area contributed by atoms with E-state index in [0.717, 1.165) is 0 Å². The predicted octanol–water partition coefficient (Wildman–Crippen LogP) is 1.03. The smallest absolute Gasteiger partial charge is 0.310 e. The van der Waals surface area contributed by atoms with Gasteiger partial charge in [0.15, 0.2) is 5.60 Å². The number of carbonyl (C=O) groups is 2. The van der Waals surface area contributed by atoms with Gasteiger partial charge in [0.05, 0.1) is 19.4 Å². The lowest BCUT2D eigenvalue weighted by Crippen LogP contribution is -2.30. The van der Waals surface area contributed by atoms with Crippen LogP contribution in [0.2, 0.25) is 0 Å². The fourth-order valence-electron chi connectivity index (χ4n) is 0.792. The predicted molar refractivity (Wildman–Crippen MR) is 51.6 cm³/mol. The lowest BCUT2D eigenvalue weighted by molar-refractivity contribution is -0.160. The zero-order valence-electron chi connectivity index (χ0n) is 9.36. The number of rotatable bonds is 4. The maximum atomic E-state index is 11.4. The Labute approximate surface area is 89.0 Å². The molecule has 0 fully saturated rings. The highest BCUT2D eigenvalue weighted by atomic mass is 16.6. The minimum absolute atomic E-state index is 0.0448. The minimum Gasteiger partial charge on any atom is -0.469 e. The average molecular weight is 213 g/mol. The van der Waals surface area contributed by atoms with E-state index in [1.807, 2.05) is 6.07 Å². The van der Waals surface area contributed by atoms with Crippen LogP contribution >= 0.6 is 0 Å². The summed E-state index contributed by atoms with van der Waals surface area (Å²) < 4.78 is 9.30. The second-order valence-corrected chi connectivity index (χ2v) is 3.72. The molecule has 1 atom stereocenters. The highest BCUT2D eigenvalue weighted by Gasteiger charge is 2.26. The van der Waals surface area contributed by atoms with E-state index in [0.29, 0.717) is 0 Å². The third-order valence-electron chi connectivity index (χ3n) is 1.73. The van der Waals surface area contributed by atoms with Crippen molar-refractivity contribution in [3.8, 4) is 6.07 Å². The average Bonchev–Trinajstić information content (AvgIpc) is 2.16. The third kappa shape index (κ3) is 5.01. The summed E-state index contributed by atoms with van der Waals surface area (Å²) in [4.78, 5) is 22.3. The summed E-state index contributed by atoms with van der Waals surface area (Å²) >= 11 is 0. The lowest BCUT2D eigenvalue weighted by Gasteiger charge is -2.19. The molecule has 0 aromatic heterocycles. The van der Waals surface area contributed by atoms with Crippen molar-refractivity contribution < 1.29 is 19.1 Å². The first-order valence-corrected chi connectivity index (χ1v) is 4.53. The first kappa shape index (κ1) is 13.4. The second-order valence-electron chi connectivity index (χ2n) is 3.72.